The topological polar surface area (TPSA) is 0 Å². The molecule has 4 heteroatoms. The number of allylic oxidation sites excluding steroid dienone is 1. The molecule has 0 aliphatic heterocycles. The van der Waals surface area contributed by atoms with Gasteiger partial charge in [-0.3, -0.25) is 0 Å². The van der Waals surface area contributed by atoms with E-state index in [9.17, 15) is 0 Å². The second-order valence-corrected chi connectivity index (χ2v) is 5.94. The molecule has 0 aromatic carbocycles. The quantitative estimate of drug-likeness (QED) is 0.582. The van der Waals surface area contributed by atoms with E-state index in [-0.39, 0.29) is 17.0 Å². The minimum Gasteiger partial charge on any atom is -1.00 e. The molecule has 0 unspecified atom stereocenters. The van der Waals surface area contributed by atoms with E-state index in [0.29, 0.717) is 0 Å². The maximum absolute atomic E-state index is 3.65. The minimum atomic E-state index is 0. The molecular weight excluding hydrogens is 386 g/mol. The van der Waals surface area contributed by atoms with Crippen LogP contribution in [0.1, 0.15) is 34.1 Å². The van der Waals surface area contributed by atoms with Crippen molar-refractivity contribution in [2.45, 2.75) is 34.1 Å². The molecule has 0 aromatic rings. The highest BCUT2D eigenvalue weighted by atomic mass is 79.9. The van der Waals surface area contributed by atoms with Gasteiger partial charge >= 0.3 is 0 Å². The molecule has 0 rings (SSSR count). The molecule has 0 fully saturated rings. The van der Waals surface area contributed by atoms with Gasteiger partial charge in [0, 0.05) is 4.48 Å². The number of nitrogens with zero attached hydrogens (tertiary/aromatic N) is 1. The Balaban J connectivity index is 0. The highest BCUT2D eigenvalue weighted by Gasteiger charge is 2.23. The first-order valence-corrected chi connectivity index (χ1v) is 6.95. The summed E-state index contributed by atoms with van der Waals surface area (Å²) in [4.78, 5) is 0. The van der Waals surface area contributed by atoms with Crippen LogP contribution in [0.5, 0.6) is 0 Å². The molecule has 0 radical (unpaired) electrons. The van der Waals surface area contributed by atoms with E-state index < -0.39 is 0 Å². The van der Waals surface area contributed by atoms with Gasteiger partial charge in [0.15, 0.2) is 0 Å². The third kappa shape index (κ3) is 6.44. The van der Waals surface area contributed by atoms with Crippen LogP contribution in [-0.2, 0) is 0 Å². The monoisotopic (exact) mass is 405 g/mol. The number of quaternary nitrogens is 1. The number of halogens is 3. The van der Waals surface area contributed by atoms with Gasteiger partial charge < -0.3 is 21.5 Å². The molecule has 0 saturated heterocycles. The zero-order chi connectivity index (χ0) is 11.2. The van der Waals surface area contributed by atoms with E-state index in [0.717, 1.165) is 6.54 Å². The maximum atomic E-state index is 3.65. The Morgan fingerprint density at radius 1 is 1.07 bits per heavy atom. The highest BCUT2D eigenvalue weighted by Crippen LogP contribution is 2.22. The van der Waals surface area contributed by atoms with E-state index in [4.69, 9.17) is 0 Å². The van der Waals surface area contributed by atoms with Gasteiger partial charge in [0.1, 0.15) is 6.54 Å². The predicted molar refractivity (Wildman–Crippen MR) is 71.9 cm³/mol. The second-order valence-electron chi connectivity index (χ2n) is 3.79. The lowest BCUT2D eigenvalue weighted by atomic mass is 10.3. The summed E-state index contributed by atoms with van der Waals surface area (Å²) in [6, 6.07) is 0. The van der Waals surface area contributed by atoms with Crippen molar-refractivity contribution in [2.75, 3.05) is 26.2 Å². The van der Waals surface area contributed by atoms with Crippen LogP contribution in [0, 0.1) is 0 Å². The fraction of sp³-hybridized carbons (Fsp3) is 0.818. The third-order valence-electron chi connectivity index (χ3n) is 2.89. The zero-order valence-electron chi connectivity index (χ0n) is 10.1. The zero-order valence-corrected chi connectivity index (χ0v) is 14.9. The van der Waals surface area contributed by atoms with Crippen LogP contribution in [0.3, 0.4) is 0 Å². The summed E-state index contributed by atoms with van der Waals surface area (Å²) in [6.07, 6.45) is 1.25. The van der Waals surface area contributed by atoms with E-state index >= 15 is 0 Å². The molecule has 0 spiro atoms. The molecule has 0 aliphatic carbocycles. The Labute approximate surface area is 122 Å². The van der Waals surface area contributed by atoms with Crippen LogP contribution < -0.4 is 17.0 Å². The average molecular weight is 408 g/mol. The summed E-state index contributed by atoms with van der Waals surface area (Å²) in [5, 5.41) is 0. The Morgan fingerprint density at radius 3 is 1.80 bits per heavy atom. The van der Waals surface area contributed by atoms with Crippen LogP contribution in [0.2, 0.25) is 0 Å². The van der Waals surface area contributed by atoms with Crippen molar-refractivity contribution in [3.8, 4) is 0 Å². The Morgan fingerprint density at radius 2 is 1.53 bits per heavy atom. The molecule has 0 atom stereocenters. The lowest BCUT2D eigenvalue weighted by Gasteiger charge is -2.36. The van der Waals surface area contributed by atoms with Crippen LogP contribution in [0.15, 0.2) is 8.96 Å². The summed E-state index contributed by atoms with van der Waals surface area (Å²) >= 11 is 7.17. The van der Waals surface area contributed by atoms with E-state index in [1.807, 2.05) is 0 Å². The van der Waals surface area contributed by atoms with E-state index in [2.05, 4.69) is 59.6 Å². The molecule has 0 bridgehead atoms. The summed E-state index contributed by atoms with van der Waals surface area (Å²) < 4.78 is 3.70. The van der Waals surface area contributed by atoms with Crippen molar-refractivity contribution in [3.63, 3.8) is 0 Å². The van der Waals surface area contributed by atoms with Crippen LogP contribution in [0.25, 0.3) is 0 Å². The van der Waals surface area contributed by atoms with Crippen LogP contribution in [-0.4, -0.2) is 30.7 Å². The number of rotatable bonds is 6. The Bertz CT molecular complexity index is 194. The first-order chi connectivity index (χ1) is 6.51. The van der Waals surface area contributed by atoms with Crippen LogP contribution >= 0.6 is 31.9 Å². The number of hydrogen-bond acceptors (Lipinski definition) is 0. The fourth-order valence-electron chi connectivity index (χ4n) is 1.72. The van der Waals surface area contributed by atoms with Crippen molar-refractivity contribution in [3.05, 3.63) is 8.96 Å². The molecule has 0 saturated carbocycles. The molecule has 0 aliphatic rings. The molecular formula is C11H22Br3N. The minimum absolute atomic E-state index is 0. The maximum Gasteiger partial charge on any atom is 0.112 e. The first kappa shape index (κ1) is 18.5. The highest BCUT2D eigenvalue weighted by molar-refractivity contribution is 9.14. The van der Waals surface area contributed by atoms with E-state index in [1.54, 1.807) is 0 Å². The standard InChI is InChI=1S/C11H22Br2N.BrH/c1-5-8-14(6-2,7-3)9-11(13)10(4)12;/h5-9H2,1-4H3;1H/q+1;/p-1/b11-10+;. The lowest BCUT2D eigenvalue weighted by molar-refractivity contribution is -0.919. The van der Waals surface area contributed by atoms with E-state index in [1.165, 1.54) is 39.5 Å². The normalized spacial score (nSPS) is 13.2. The molecule has 0 heterocycles. The lowest BCUT2D eigenvalue weighted by Crippen LogP contribution is -3.00. The number of likely N-dealkylation sites (N-methyl/N-ethyl adjacent to an activating group) is 1. The van der Waals surface area contributed by atoms with Gasteiger partial charge in [0.05, 0.1) is 24.1 Å². The van der Waals surface area contributed by atoms with Crippen LogP contribution in [0.4, 0.5) is 0 Å². The molecule has 92 valence electrons. The largest absolute Gasteiger partial charge is 1.00 e. The second kappa shape index (κ2) is 9.20. The predicted octanol–water partition coefficient (Wildman–Crippen LogP) is 1.28. The summed E-state index contributed by atoms with van der Waals surface area (Å²) in [7, 11) is 0. The van der Waals surface area contributed by atoms with Gasteiger partial charge in [0.2, 0.25) is 0 Å². The molecule has 15 heavy (non-hydrogen) atoms. The Hall–Kier alpha value is 1.14. The van der Waals surface area contributed by atoms with Crippen molar-refractivity contribution in [1.82, 2.24) is 0 Å². The van der Waals surface area contributed by atoms with Gasteiger partial charge in [0.25, 0.3) is 0 Å². The van der Waals surface area contributed by atoms with Crippen molar-refractivity contribution >= 4 is 31.9 Å². The molecule has 0 N–H and O–H groups in total. The summed E-state index contributed by atoms with van der Waals surface area (Å²) in [5.74, 6) is 0. The van der Waals surface area contributed by atoms with Gasteiger partial charge in [-0.1, -0.05) is 22.9 Å². The summed E-state index contributed by atoms with van der Waals surface area (Å²) in [6.45, 7) is 13.7. The van der Waals surface area contributed by atoms with Gasteiger partial charge in [-0.2, -0.15) is 0 Å². The van der Waals surface area contributed by atoms with Crippen molar-refractivity contribution in [1.29, 1.82) is 0 Å². The molecule has 0 amide bonds. The van der Waals surface area contributed by atoms with Gasteiger partial charge in [-0.05, 0) is 43.1 Å². The Kier molecular flexibility index (Phi) is 11.3. The van der Waals surface area contributed by atoms with Crippen molar-refractivity contribution in [2.24, 2.45) is 0 Å². The number of hydrogen-bond donors (Lipinski definition) is 0. The third-order valence-corrected chi connectivity index (χ3v) is 4.74. The average Bonchev–Trinajstić information content (AvgIpc) is 2.16. The van der Waals surface area contributed by atoms with Gasteiger partial charge in [-0.25, -0.2) is 0 Å². The first-order valence-electron chi connectivity index (χ1n) is 5.37. The summed E-state index contributed by atoms with van der Waals surface area (Å²) in [5.41, 5.74) is 0. The molecule has 0 aromatic heterocycles. The molecule has 1 nitrogen and oxygen atoms in total. The van der Waals surface area contributed by atoms with Gasteiger partial charge in [-0.15, -0.1) is 0 Å². The SMILES string of the molecule is CCC[N+](CC)(CC)C/C(Br)=C(/C)Br.[Br-]. The fourth-order valence-corrected chi connectivity index (χ4v) is 2.38. The smallest absolute Gasteiger partial charge is 0.112 e. The van der Waals surface area contributed by atoms with Crippen molar-refractivity contribution < 1.29 is 21.5 Å².